The van der Waals surface area contributed by atoms with E-state index in [-0.39, 0.29) is 23.0 Å². The summed E-state index contributed by atoms with van der Waals surface area (Å²) >= 11 is 0. The molecule has 6 heteroatoms. The normalized spacial score (nSPS) is 19.6. The standard InChI is InChI=1S/C14H19FN2O2S/c15-13-2-1-3-14(12(13)8-16)20(18,19)17(11-6-7-11)9-10-4-5-10/h1-3,10-11H,4-9,16H2. The Kier molecular flexibility index (Phi) is 3.56. The molecular weight excluding hydrogens is 279 g/mol. The zero-order valence-corrected chi connectivity index (χ0v) is 12.1. The number of nitrogens with zero attached hydrogens (tertiary/aromatic N) is 1. The summed E-state index contributed by atoms with van der Waals surface area (Å²) in [6, 6.07) is 4.24. The fourth-order valence-corrected chi connectivity index (χ4v) is 4.47. The molecule has 0 spiro atoms. The van der Waals surface area contributed by atoms with E-state index in [1.165, 1.54) is 18.2 Å². The molecule has 1 aromatic carbocycles. The van der Waals surface area contributed by atoms with Crippen molar-refractivity contribution < 1.29 is 12.8 Å². The third-order valence-corrected chi connectivity index (χ3v) is 5.96. The number of rotatable bonds is 6. The van der Waals surface area contributed by atoms with Gasteiger partial charge in [-0.05, 0) is 43.7 Å². The average Bonchev–Trinajstić information content (AvgIpc) is 3.27. The van der Waals surface area contributed by atoms with Gasteiger partial charge < -0.3 is 5.73 Å². The molecule has 2 aliphatic rings. The molecule has 1 aromatic rings. The summed E-state index contributed by atoms with van der Waals surface area (Å²) in [6.45, 7) is 0.455. The highest BCUT2D eigenvalue weighted by molar-refractivity contribution is 7.89. The molecule has 2 aliphatic carbocycles. The van der Waals surface area contributed by atoms with Crippen molar-refractivity contribution in [2.24, 2.45) is 11.7 Å². The van der Waals surface area contributed by atoms with Gasteiger partial charge in [0.2, 0.25) is 10.0 Å². The van der Waals surface area contributed by atoms with E-state index in [1.807, 2.05) is 0 Å². The lowest BCUT2D eigenvalue weighted by molar-refractivity contribution is 0.388. The fraction of sp³-hybridized carbons (Fsp3) is 0.571. The number of hydrogen-bond acceptors (Lipinski definition) is 3. The summed E-state index contributed by atoms with van der Waals surface area (Å²) in [5.74, 6) is -0.0731. The van der Waals surface area contributed by atoms with Crippen molar-refractivity contribution in [2.45, 2.75) is 43.2 Å². The van der Waals surface area contributed by atoms with Crippen LogP contribution in [0.25, 0.3) is 0 Å². The van der Waals surface area contributed by atoms with E-state index in [1.54, 1.807) is 4.31 Å². The molecule has 0 unspecified atom stereocenters. The summed E-state index contributed by atoms with van der Waals surface area (Å²) in [6.07, 6.45) is 3.98. The summed E-state index contributed by atoms with van der Waals surface area (Å²) in [5, 5.41) is 0. The lowest BCUT2D eigenvalue weighted by Crippen LogP contribution is -2.35. The number of hydrogen-bond donors (Lipinski definition) is 1. The van der Waals surface area contributed by atoms with E-state index >= 15 is 0 Å². The van der Waals surface area contributed by atoms with Crippen LogP contribution in [-0.2, 0) is 16.6 Å². The van der Waals surface area contributed by atoms with Gasteiger partial charge in [-0.3, -0.25) is 0 Å². The van der Waals surface area contributed by atoms with E-state index < -0.39 is 15.8 Å². The highest BCUT2D eigenvalue weighted by atomic mass is 32.2. The van der Waals surface area contributed by atoms with Crippen molar-refractivity contribution >= 4 is 10.0 Å². The van der Waals surface area contributed by atoms with Crippen LogP contribution in [-0.4, -0.2) is 25.3 Å². The molecule has 2 N–H and O–H groups in total. The molecule has 4 nitrogen and oxygen atoms in total. The molecule has 0 aromatic heterocycles. The predicted octanol–water partition coefficient (Wildman–Crippen LogP) is 1.85. The van der Waals surface area contributed by atoms with Crippen LogP contribution in [0.1, 0.15) is 31.2 Å². The molecule has 20 heavy (non-hydrogen) atoms. The van der Waals surface area contributed by atoms with Gasteiger partial charge in [-0.25, -0.2) is 12.8 Å². The second-order valence-electron chi connectivity index (χ2n) is 5.67. The quantitative estimate of drug-likeness (QED) is 0.871. The minimum atomic E-state index is -3.64. The Morgan fingerprint density at radius 1 is 1.25 bits per heavy atom. The van der Waals surface area contributed by atoms with Gasteiger partial charge in [-0.15, -0.1) is 0 Å². The average molecular weight is 298 g/mol. The first kappa shape index (κ1) is 14.0. The smallest absolute Gasteiger partial charge is 0.243 e. The van der Waals surface area contributed by atoms with Crippen LogP contribution in [0.15, 0.2) is 23.1 Å². The predicted molar refractivity (Wildman–Crippen MR) is 73.9 cm³/mol. The molecular formula is C14H19FN2O2S. The van der Waals surface area contributed by atoms with E-state index in [4.69, 9.17) is 5.73 Å². The van der Waals surface area contributed by atoms with Crippen LogP contribution in [0.3, 0.4) is 0 Å². The summed E-state index contributed by atoms with van der Waals surface area (Å²) in [4.78, 5) is 0.0348. The second kappa shape index (κ2) is 5.09. The van der Waals surface area contributed by atoms with Crippen molar-refractivity contribution in [3.8, 4) is 0 Å². The zero-order valence-electron chi connectivity index (χ0n) is 11.3. The van der Waals surface area contributed by atoms with Gasteiger partial charge in [-0.1, -0.05) is 6.07 Å². The van der Waals surface area contributed by atoms with Crippen molar-refractivity contribution in [1.29, 1.82) is 0 Å². The highest BCUT2D eigenvalue weighted by Crippen LogP contribution is 2.38. The van der Waals surface area contributed by atoms with E-state index in [0.29, 0.717) is 12.5 Å². The summed E-state index contributed by atoms with van der Waals surface area (Å²) < 4.78 is 41.0. The Labute approximate surface area is 118 Å². The van der Waals surface area contributed by atoms with Gasteiger partial charge in [0.25, 0.3) is 0 Å². The Morgan fingerprint density at radius 3 is 2.50 bits per heavy atom. The minimum Gasteiger partial charge on any atom is -0.326 e. The molecule has 2 fully saturated rings. The maximum absolute atomic E-state index is 13.8. The van der Waals surface area contributed by atoms with Gasteiger partial charge in [0, 0.05) is 24.7 Å². The molecule has 0 radical (unpaired) electrons. The first-order valence-electron chi connectivity index (χ1n) is 7.03. The maximum Gasteiger partial charge on any atom is 0.243 e. The molecule has 0 bridgehead atoms. The van der Waals surface area contributed by atoms with Crippen LogP contribution >= 0.6 is 0 Å². The topological polar surface area (TPSA) is 63.4 Å². The molecule has 0 atom stereocenters. The molecule has 0 aliphatic heterocycles. The van der Waals surface area contributed by atoms with Gasteiger partial charge in [0.1, 0.15) is 5.82 Å². The lowest BCUT2D eigenvalue weighted by atomic mass is 10.2. The fourth-order valence-electron chi connectivity index (χ4n) is 2.47. The lowest BCUT2D eigenvalue weighted by Gasteiger charge is -2.23. The zero-order chi connectivity index (χ0) is 14.3. The van der Waals surface area contributed by atoms with Crippen molar-refractivity contribution in [3.05, 3.63) is 29.6 Å². The largest absolute Gasteiger partial charge is 0.326 e. The Bertz CT molecular complexity index is 610. The van der Waals surface area contributed by atoms with Gasteiger partial charge >= 0.3 is 0 Å². The SMILES string of the molecule is NCc1c(F)cccc1S(=O)(=O)N(CC1CC1)C1CC1. The summed E-state index contributed by atoms with van der Waals surface area (Å²) in [7, 11) is -3.64. The van der Waals surface area contributed by atoms with Crippen molar-refractivity contribution in [3.63, 3.8) is 0 Å². The second-order valence-corrected chi connectivity index (χ2v) is 7.53. The number of sulfonamides is 1. The molecule has 2 saturated carbocycles. The number of benzene rings is 1. The Morgan fingerprint density at radius 2 is 1.95 bits per heavy atom. The first-order chi connectivity index (χ1) is 9.54. The highest BCUT2D eigenvalue weighted by Gasteiger charge is 2.41. The van der Waals surface area contributed by atoms with Crippen LogP contribution in [0.2, 0.25) is 0 Å². The van der Waals surface area contributed by atoms with Crippen LogP contribution in [0.5, 0.6) is 0 Å². The molecule has 0 saturated heterocycles. The third kappa shape index (κ3) is 2.60. The Hall–Kier alpha value is -0.980. The van der Waals surface area contributed by atoms with Gasteiger partial charge in [0.05, 0.1) is 4.90 Å². The van der Waals surface area contributed by atoms with E-state index in [2.05, 4.69) is 0 Å². The minimum absolute atomic E-state index is 0.0348. The molecule has 110 valence electrons. The van der Waals surface area contributed by atoms with Gasteiger partial charge in [0.15, 0.2) is 0 Å². The van der Waals surface area contributed by atoms with Crippen LogP contribution in [0.4, 0.5) is 4.39 Å². The van der Waals surface area contributed by atoms with Crippen LogP contribution < -0.4 is 5.73 Å². The van der Waals surface area contributed by atoms with Crippen molar-refractivity contribution in [1.82, 2.24) is 4.31 Å². The van der Waals surface area contributed by atoms with Gasteiger partial charge in [-0.2, -0.15) is 4.31 Å². The first-order valence-corrected chi connectivity index (χ1v) is 8.47. The van der Waals surface area contributed by atoms with E-state index in [0.717, 1.165) is 25.7 Å². The maximum atomic E-state index is 13.8. The summed E-state index contributed by atoms with van der Waals surface area (Å²) in [5.41, 5.74) is 5.62. The number of nitrogens with two attached hydrogens (primary N) is 1. The molecule has 0 amide bonds. The van der Waals surface area contributed by atoms with E-state index in [9.17, 15) is 12.8 Å². The van der Waals surface area contributed by atoms with Crippen molar-refractivity contribution in [2.75, 3.05) is 6.54 Å². The third-order valence-electron chi connectivity index (χ3n) is 3.96. The number of halogens is 1. The Balaban J connectivity index is 1.99. The monoisotopic (exact) mass is 298 g/mol. The molecule has 0 heterocycles. The molecule has 3 rings (SSSR count). The van der Waals surface area contributed by atoms with Crippen LogP contribution in [0, 0.1) is 11.7 Å².